The highest BCUT2D eigenvalue weighted by atomic mass is 16.5. The van der Waals surface area contributed by atoms with E-state index in [1.807, 2.05) is 13.8 Å². The first-order valence-corrected chi connectivity index (χ1v) is 6.97. The molecule has 0 saturated carbocycles. The Bertz CT molecular complexity index is 504. The standard InChI is InChI=1S/C16H20O5/c1-4-11(3)21-13-8-6-12(7-9-13)14(17)10-15(18)16(19)20-5-2/h6-9,11H,4-5,10H2,1-3H3. The Morgan fingerprint density at radius 1 is 1.10 bits per heavy atom. The lowest BCUT2D eigenvalue weighted by Crippen LogP contribution is -2.20. The van der Waals surface area contributed by atoms with Crippen LogP contribution < -0.4 is 4.74 Å². The number of hydrogen-bond acceptors (Lipinski definition) is 5. The van der Waals surface area contributed by atoms with Crippen LogP contribution in [0.5, 0.6) is 5.75 Å². The van der Waals surface area contributed by atoms with Crippen LogP contribution in [0.1, 0.15) is 44.0 Å². The molecule has 1 aromatic carbocycles. The van der Waals surface area contributed by atoms with Gasteiger partial charge in [-0.05, 0) is 44.5 Å². The number of hydrogen-bond donors (Lipinski definition) is 0. The second kappa shape index (κ2) is 8.19. The number of ether oxygens (including phenoxy) is 2. The van der Waals surface area contributed by atoms with Gasteiger partial charge in [-0.1, -0.05) is 6.92 Å². The summed E-state index contributed by atoms with van der Waals surface area (Å²) in [5, 5.41) is 0. The highest BCUT2D eigenvalue weighted by molar-refractivity contribution is 6.38. The summed E-state index contributed by atoms with van der Waals surface area (Å²) in [7, 11) is 0. The third kappa shape index (κ3) is 5.38. The fraction of sp³-hybridized carbons (Fsp3) is 0.438. The minimum Gasteiger partial charge on any atom is -0.491 e. The zero-order valence-corrected chi connectivity index (χ0v) is 12.5. The first kappa shape index (κ1) is 16.9. The van der Waals surface area contributed by atoms with Crippen molar-refractivity contribution >= 4 is 17.5 Å². The average Bonchev–Trinajstić information content (AvgIpc) is 2.47. The fourth-order valence-electron chi connectivity index (χ4n) is 1.57. The largest absolute Gasteiger partial charge is 0.491 e. The van der Waals surface area contributed by atoms with E-state index in [1.54, 1.807) is 31.2 Å². The molecular weight excluding hydrogens is 272 g/mol. The van der Waals surface area contributed by atoms with E-state index in [2.05, 4.69) is 4.74 Å². The molecule has 21 heavy (non-hydrogen) atoms. The summed E-state index contributed by atoms with van der Waals surface area (Å²) >= 11 is 0. The third-order valence-electron chi connectivity index (χ3n) is 2.91. The van der Waals surface area contributed by atoms with Crippen molar-refractivity contribution in [3.63, 3.8) is 0 Å². The summed E-state index contributed by atoms with van der Waals surface area (Å²) in [6.07, 6.45) is 0.496. The summed E-state index contributed by atoms with van der Waals surface area (Å²) in [6, 6.07) is 6.51. The number of benzene rings is 1. The van der Waals surface area contributed by atoms with E-state index in [4.69, 9.17) is 4.74 Å². The predicted molar refractivity (Wildman–Crippen MR) is 77.4 cm³/mol. The van der Waals surface area contributed by atoms with Crippen LogP contribution in [0.3, 0.4) is 0 Å². The van der Waals surface area contributed by atoms with E-state index >= 15 is 0 Å². The number of esters is 1. The highest BCUT2D eigenvalue weighted by Gasteiger charge is 2.19. The highest BCUT2D eigenvalue weighted by Crippen LogP contribution is 2.16. The van der Waals surface area contributed by atoms with Gasteiger partial charge in [-0.3, -0.25) is 9.59 Å². The van der Waals surface area contributed by atoms with E-state index < -0.39 is 24.0 Å². The number of Topliss-reactive ketones (excluding diaryl/α,β-unsaturated/α-hetero) is 2. The van der Waals surface area contributed by atoms with Gasteiger partial charge in [0.1, 0.15) is 5.75 Å². The van der Waals surface area contributed by atoms with Crippen LogP contribution in [0.15, 0.2) is 24.3 Å². The van der Waals surface area contributed by atoms with Gasteiger partial charge in [0.2, 0.25) is 5.78 Å². The monoisotopic (exact) mass is 292 g/mol. The first-order chi connectivity index (χ1) is 9.97. The lowest BCUT2D eigenvalue weighted by molar-refractivity contribution is -0.153. The molecule has 114 valence electrons. The molecule has 0 aliphatic rings. The van der Waals surface area contributed by atoms with Gasteiger partial charge in [0.25, 0.3) is 0 Å². The molecule has 0 fully saturated rings. The van der Waals surface area contributed by atoms with E-state index in [9.17, 15) is 14.4 Å². The second-order valence-corrected chi connectivity index (χ2v) is 4.60. The molecule has 1 unspecified atom stereocenters. The molecule has 5 heteroatoms. The summed E-state index contributed by atoms with van der Waals surface area (Å²) < 4.78 is 10.2. The average molecular weight is 292 g/mol. The maximum absolute atomic E-state index is 11.9. The Morgan fingerprint density at radius 2 is 1.71 bits per heavy atom. The van der Waals surface area contributed by atoms with Gasteiger partial charge in [-0.15, -0.1) is 0 Å². The minimum atomic E-state index is -0.970. The summed E-state index contributed by atoms with van der Waals surface area (Å²) in [5.41, 5.74) is 0.365. The van der Waals surface area contributed by atoms with E-state index in [-0.39, 0.29) is 12.7 Å². The smallest absolute Gasteiger partial charge is 0.375 e. The van der Waals surface area contributed by atoms with Gasteiger partial charge >= 0.3 is 5.97 Å². The van der Waals surface area contributed by atoms with E-state index in [0.717, 1.165) is 6.42 Å². The maximum atomic E-state index is 11.9. The van der Waals surface area contributed by atoms with Gasteiger partial charge in [0, 0.05) is 5.56 Å². The van der Waals surface area contributed by atoms with Crippen LogP contribution in [0.25, 0.3) is 0 Å². The van der Waals surface area contributed by atoms with Crippen molar-refractivity contribution < 1.29 is 23.9 Å². The Morgan fingerprint density at radius 3 is 2.24 bits per heavy atom. The lowest BCUT2D eigenvalue weighted by Gasteiger charge is -2.12. The number of carbonyl (C=O) groups excluding carboxylic acids is 3. The van der Waals surface area contributed by atoms with Gasteiger partial charge in [-0.25, -0.2) is 4.79 Å². The molecule has 0 heterocycles. The van der Waals surface area contributed by atoms with Crippen LogP contribution in [-0.2, 0) is 14.3 Å². The first-order valence-electron chi connectivity index (χ1n) is 6.97. The topological polar surface area (TPSA) is 69.7 Å². The summed E-state index contributed by atoms with van der Waals surface area (Å²) in [5.74, 6) is -1.55. The number of carbonyl (C=O) groups is 3. The Labute approximate surface area is 124 Å². The van der Waals surface area contributed by atoms with Gasteiger partial charge in [0.15, 0.2) is 5.78 Å². The third-order valence-corrected chi connectivity index (χ3v) is 2.91. The van der Waals surface area contributed by atoms with Crippen molar-refractivity contribution in [2.75, 3.05) is 6.61 Å². The molecule has 0 N–H and O–H groups in total. The quantitative estimate of drug-likeness (QED) is 0.319. The predicted octanol–water partition coefficient (Wildman–Crippen LogP) is 2.57. The molecule has 0 bridgehead atoms. The van der Waals surface area contributed by atoms with E-state index in [1.165, 1.54) is 0 Å². The summed E-state index contributed by atoms with van der Waals surface area (Å²) in [6.45, 7) is 5.68. The second-order valence-electron chi connectivity index (χ2n) is 4.60. The van der Waals surface area contributed by atoms with Crippen LogP contribution in [0, 0.1) is 0 Å². The van der Waals surface area contributed by atoms with Crippen LogP contribution in [-0.4, -0.2) is 30.2 Å². The van der Waals surface area contributed by atoms with Crippen LogP contribution in [0.2, 0.25) is 0 Å². The molecule has 0 radical (unpaired) electrons. The van der Waals surface area contributed by atoms with Crippen LogP contribution in [0.4, 0.5) is 0 Å². The molecule has 0 aromatic heterocycles. The van der Waals surface area contributed by atoms with Crippen molar-refractivity contribution in [1.82, 2.24) is 0 Å². The molecule has 0 saturated heterocycles. The molecular formula is C16H20O5. The van der Waals surface area contributed by atoms with Crippen molar-refractivity contribution in [2.24, 2.45) is 0 Å². The molecule has 0 amide bonds. The van der Waals surface area contributed by atoms with Gasteiger partial charge in [0.05, 0.1) is 19.1 Å². The van der Waals surface area contributed by atoms with Gasteiger partial charge in [-0.2, -0.15) is 0 Å². The maximum Gasteiger partial charge on any atom is 0.375 e. The van der Waals surface area contributed by atoms with Crippen molar-refractivity contribution in [3.8, 4) is 5.75 Å². The van der Waals surface area contributed by atoms with Crippen LogP contribution >= 0.6 is 0 Å². The number of ketones is 2. The minimum absolute atomic E-state index is 0.0944. The van der Waals surface area contributed by atoms with E-state index in [0.29, 0.717) is 11.3 Å². The molecule has 0 spiro atoms. The Hall–Kier alpha value is -2.17. The zero-order valence-electron chi connectivity index (χ0n) is 12.5. The molecule has 0 aliphatic heterocycles. The Kier molecular flexibility index (Phi) is 6.59. The SMILES string of the molecule is CCOC(=O)C(=O)CC(=O)c1ccc(OC(C)CC)cc1. The molecule has 1 aromatic rings. The Balaban J connectivity index is 2.63. The zero-order chi connectivity index (χ0) is 15.8. The van der Waals surface area contributed by atoms with Crippen molar-refractivity contribution in [2.45, 2.75) is 39.7 Å². The van der Waals surface area contributed by atoms with Crippen molar-refractivity contribution in [1.29, 1.82) is 0 Å². The molecule has 5 nitrogen and oxygen atoms in total. The number of rotatable bonds is 8. The molecule has 0 aliphatic carbocycles. The molecule has 1 atom stereocenters. The fourth-order valence-corrected chi connectivity index (χ4v) is 1.57. The lowest BCUT2D eigenvalue weighted by atomic mass is 10.1. The van der Waals surface area contributed by atoms with Crippen molar-refractivity contribution in [3.05, 3.63) is 29.8 Å². The molecule has 1 rings (SSSR count). The normalized spacial score (nSPS) is 11.6. The van der Waals surface area contributed by atoms with Gasteiger partial charge < -0.3 is 9.47 Å². The summed E-state index contributed by atoms with van der Waals surface area (Å²) in [4.78, 5) is 34.5.